The zero-order chi connectivity index (χ0) is 12.5. The quantitative estimate of drug-likeness (QED) is 0.828. The molecule has 0 fully saturated rings. The standard InChI is InChI=1S/C15H18N2O/c1-10-7-11(2)9-12(8-10)14-13-5-3-4-6-16-15(13)18-17-14/h7-9,16H,3-6H2,1-2H3. The van der Waals surface area contributed by atoms with Crippen LogP contribution in [0.5, 0.6) is 0 Å². The van der Waals surface area contributed by atoms with Gasteiger partial charge in [-0.25, -0.2) is 0 Å². The first kappa shape index (κ1) is 11.3. The van der Waals surface area contributed by atoms with Gasteiger partial charge in [-0.15, -0.1) is 0 Å². The second-order valence-electron chi connectivity index (χ2n) is 5.10. The van der Waals surface area contributed by atoms with Gasteiger partial charge in [0, 0.05) is 17.7 Å². The molecule has 3 rings (SSSR count). The highest BCUT2D eigenvalue weighted by molar-refractivity contribution is 5.69. The van der Waals surface area contributed by atoms with Crippen molar-refractivity contribution in [2.75, 3.05) is 11.9 Å². The fourth-order valence-electron chi connectivity index (χ4n) is 2.65. The minimum absolute atomic E-state index is 0.863. The SMILES string of the molecule is Cc1cc(C)cc(-c2noc3c2CCCCN3)c1. The first-order chi connectivity index (χ1) is 8.74. The summed E-state index contributed by atoms with van der Waals surface area (Å²) in [7, 11) is 0. The Labute approximate surface area is 107 Å². The van der Waals surface area contributed by atoms with Gasteiger partial charge in [0.2, 0.25) is 5.88 Å². The van der Waals surface area contributed by atoms with Crippen LogP contribution in [0.3, 0.4) is 0 Å². The van der Waals surface area contributed by atoms with E-state index >= 15 is 0 Å². The summed E-state index contributed by atoms with van der Waals surface area (Å²) in [5, 5.41) is 7.57. The first-order valence-corrected chi connectivity index (χ1v) is 6.55. The largest absolute Gasteiger partial charge is 0.354 e. The highest BCUT2D eigenvalue weighted by atomic mass is 16.5. The Bertz CT molecular complexity index is 552. The number of aromatic nitrogens is 1. The van der Waals surface area contributed by atoms with Gasteiger partial charge in [-0.1, -0.05) is 22.3 Å². The van der Waals surface area contributed by atoms with Gasteiger partial charge in [-0.05, 0) is 45.2 Å². The van der Waals surface area contributed by atoms with Crippen LogP contribution in [0.2, 0.25) is 0 Å². The molecule has 3 nitrogen and oxygen atoms in total. The highest BCUT2D eigenvalue weighted by Crippen LogP contribution is 2.32. The molecule has 0 spiro atoms. The lowest BCUT2D eigenvalue weighted by atomic mass is 10.0. The van der Waals surface area contributed by atoms with Crippen molar-refractivity contribution in [1.29, 1.82) is 0 Å². The normalized spacial score (nSPS) is 14.8. The topological polar surface area (TPSA) is 38.1 Å². The van der Waals surface area contributed by atoms with Gasteiger partial charge in [0.25, 0.3) is 0 Å². The molecule has 1 aliphatic heterocycles. The summed E-state index contributed by atoms with van der Waals surface area (Å²) in [4.78, 5) is 0. The number of hydrogen-bond acceptors (Lipinski definition) is 3. The molecule has 0 unspecified atom stereocenters. The molecule has 1 aliphatic rings. The zero-order valence-electron chi connectivity index (χ0n) is 10.9. The van der Waals surface area contributed by atoms with Crippen molar-refractivity contribution >= 4 is 5.88 Å². The average molecular weight is 242 g/mol. The third-order valence-corrected chi connectivity index (χ3v) is 3.42. The average Bonchev–Trinajstić information content (AvgIpc) is 2.57. The van der Waals surface area contributed by atoms with Gasteiger partial charge in [-0.2, -0.15) is 0 Å². The second-order valence-corrected chi connectivity index (χ2v) is 5.10. The van der Waals surface area contributed by atoms with E-state index in [2.05, 4.69) is 42.5 Å². The van der Waals surface area contributed by atoms with Crippen LogP contribution in [0.25, 0.3) is 11.3 Å². The van der Waals surface area contributed by atoms with Gasteiger partial charge < -0.3 is 9.84 Å². The molecule has 94 valence electrons. The van der Waals surface area contributed by atoms with Crippen LogP contribution in [-0.2, 0) is 6.42 Å². The van der Waals surface area contributed by atoms with Crippen molar-refractivity contribution in [2.45, 2.75) is 33.1 Å². The number of hydrogen-bond donors (Lipinski definition) is 1. The van der Waals surface area contributed by atoms with Crippen molar-refractivity contribution in [3.8, 4) is 11.3 Å². The summed E-state index contributed by atoms with van der Waals surface area (Å²) in [6.07, 6.45) is 3.43. The van der Waals surface area contributed by atoms with E-state index in [-0.39, 0.29) is 0 Å². The Morgan fingerprint density at radius 1 is 1.11 bits per heavy atom. The number of anilines is 1. The molecule has 1 aromatic heterocycles. The van der Waals surface area contributed by atoms with Crippen molar-refractivity contribution < 1.29 is 4.52 Å². The summed E-state index contributed by atoms with van der Waals surface area (Å²) in [6.45, 7) is 5.22. The molecule has 1 aromatic carbocycles. The smallest absolute Gasteiger partial charge is 0.228 e. The minimum Gasteiger partial charge on any atom is -0.354 e. The van der Waals surface area contributed by atoms with Crippen molar-refractivity contribution in [3.63, 3.8) is 0 Å². The highest BCUT2D eigenvalue weighted by Gasteiger charge is 2.19. The lowest BCUT2D eigenvalue weighted by molar-refractivity contribution is 0.434. The Hall–Kier alpha value is -1.77. The number of rotatable bonds is 1. The third kappa shape index (κ3) is 2.01. The molecule has 2 heterocycles. The molecule has 0 saturated heterocycles. The Balaban J connectivity index is 2.09. The van der Waals surface area contributed by atoms with Crippen molar-refractivity contribution in [1.82, 2.24) is 5.16 Å². The zero-order valence-corrected chi connectivity index (χ0v) is 10.9. The van der Waals surface area contributed by atoms with Crippen LogP contribution in [0.4, 0.5) is 5.88 Å². The maximum atomic E-state index is 5.44. The summed E-state index contributed by atoms with van der Waals surface area (Å²) in [6, 6.07) is 6.53. The molecule has 0 radical (unpaired) electrons. The van der Waals surface area contributed by atoms with Gasteiger partial charge >= 0.3 is 0 Å². The van der Waals surface area contributed by atoms with Crippen LogP contribution in [0.15, 0.2) is 22.7 Å². The van der Waals surface area contributed by atoms with E-state index in [1.807, 2.05) is 0 Å². The molecule has 0 atom stereocenters. The van der Waals surface area contributed by atoms with Gasteiger partial charge in [0.15, 0.2) is 0 Å². The predicted molar refractivity (Wildman–Crippen MR) is 72.8 cm³/mol. The summed E-state index contributed by atoms with van der Waals surface area (Å²) in [5.41, 5.74) is 5.94. The fourth-order valence-corrected chi connectivity index (χ4v) is 2.65. The van der Waals surface area contributed by atoms with Crippen LogP contribution in [0, 0.1) is 13.8 Å². The third-order valence-electron chi connectivity index (χ3n) is 3.42. The van der Waals surface area contributed by atoms with Gasteiger partial charge in [0.1, 0.15) is 5.69 Å². The fraction of sp³-hybridized carbons (Fsp3) is 0.400. The molecule has 3 heteroatoms. The summed E-state index contributed by atoms with van der Waals surface area (Å²) in [5.74, 6) is 0.863. The lowest BCUT2D eigenvalue weighted by Gasteiger charge is -2.04. The van der Waals surface area contributed by atoms with Crippen molar-refractivity contribution in [3.05, 3.63) is 34.9 Å². The summed E-state index contributed by atoms with van der Waals surface area (Å²) < 4.78 is 5.44. The Morgan fingerprint density at radius 2 is 1.89 bits per heavy atom. The molecule has 2 aromatic rings. The van der Waals surface area contributed by atoms with E-state index < -0.39 is 0 Å². The molecule has 0 saturated carbocycles. The van der Waals surface area contributed by atoms with Gasteiger partial charge in [0.05, 0.1) is 0 Å². The number of fused-ring (bicyclic) bond motifs is 1. The lowest BCUT2D eigenvalue weighted by Crippen LogP contribution is -1.97. The first-order valence-electron chi connectivity index (χ1n) is 6.55. The van der Waals surface area contributed by atoms with E-state index in [0.717, 1.165) is 24.5 Å². The Morgan fingerprint density at radius 3 is 2.67 bits per heavy atom. The minimum atomic E-state index is 0.863. The molecule has 0 aliphatic carbocycles. The maximum Gasteiger partial charge on any atom is 0.228 e. The maximum absolute atomic E-state index is 5.44. The number of aryl methyl sites for hydroxylation is 2. The van der Waals surface area contributed by atoms with E-state index in [4.69, 9.17) is 4.52 Å². The van der Waals surface area contributed by atoms with E-state index in [1.165, 1.54) is 35.1 Å². The number of nitrogens with zero attached hydrogens (tertiary/aromatic N) is 1. The van der Waals surface area contributed by atoms with E-state index in [1.54, 1.807) is 0 Å². The molecule has 0 amide bonds. The monoisotopic (exact) mass is 242 g/mol. The van der Waals surface area contributed by atoms with Gasteiger partial charge in [-0.3, -0.25) is 0 Å². The second kappa shape index (κ2) is 4.48. The van der Waals surface area contributed by atoms with Crippen LogP contribution >= 0.6 is 0 Å². The van der Waals surface area contributed by atoms with Crippen LogP contribution < -0.4 is 5.32 Å². The van der Waals surface area contributed by atoms with Crippen molar-refractivity contribution in [2.24, 2.45) is 0 Å². The predicted octanol–water partition coefficient (Wildman–Crippen LogP) is 3.71. The summed E-state index contributed by atoms with van der Waals surface area (Å²) >= 11 is 0. The molecular weight excluding hydrogens is 224 g/mol. The molecular formula is C15H18N2O. The molecule has 0 bridgehead atoms. The Kier molecular flexibility index (Phi) is 2.82. The number of benzene rings is 1. The molecule has 18 heavy (non-hydrogen) atoms. The van der Waals surface area contributed by atoms with Crippen LogP contribution in [-0.4, -0.2) is 11.7 Å². The van der Waals surface area contributed by atoms with E-state index in [9.17, 15) is 0 Å². The van der Waals surface area contributed by atoms with E-state index in [0.29, 0.717) is 0 Å². The van der Waals surface area contributed by atoms with Crippen LogP contribution in [0.1, 0.15) is 29.5 Å². The number of nitrogens with one attached hydrogen (secondary N) is 1. The molecule has 1 N–H and O–H groups in total.